The molecular weight excluding hydrogens is 1240 g/mol. The van der Waals surface area contributed by atoms with E-state index in [2.05, 4.69) is 46.0 Å². The molecule has 3 aromatic heterocycles. The zero-order valence-corrected chi connectivity index (χ0v) is 48.3. The molecule has 0 saturated carbocycles. The van der Waals surface area contributed by atoms with Crippen LogP contribution < -0.4 is 10.1 Å². The van der Waals surface area contributed by atoms with E-state index >= 15 is 0 Å². The van der Waals surface area contributed by atoms with Crippen molar-refractivity contribution in [2.75, 3.05) is 29.2 Å². The van der Waals surface area contributed by atoms with Gasteiger partial charge >= 0.3 is 0 Å². The van der Waals surface area contributed by atoms with Crippen LogP contribution in [0, 0.1) is 25.2 Å². The predicted molar refractivity (Wildman–Crippen MR) is 298 cm³/mol. The monoisotopic (exact) mass is 1280 g/mol. The van der Waals surface area contributed by atoms with Crippen molar-refractivity contribution in [1.29, 1.82) is 5.26 Å². The number of aryl methyl sites for hydroxylation is 1. The summed E-state index contributed by atoms with van der Waals surface area (Å²) in [6.45, 7) is 3.82. The molecule has 0 atom stereocenters. The van der Waals surface area contributed by atoms with Crippen molar-refractivity contribution < 1.29 is 79.5 Å². The minimum atomic E-state index is -5.00. The summed E-state index contributed by atoms with van der Waals surface area (Å²) in [4.78, 5) is 19.4. The Kier molecular flexibility index (Phi) is 17.2. The van der Waals surface area contributed by atoms with E-state index in [-0.39, 0.29) is 124 Å². The lowest BCUT2D eigenvalue weighted by Crippen LogP contribution is -2.08. The fraction of sp³-hybridized carbons (Fsp3) is 0.200. The summed E-state index contributed by atoms with van der Waals surface area (Å²) < 4.78 is 174. The van der Waals surface area contributed by atoms with Gasteiger partial charge in [-0.25, -0.2) is 9.97 Å². The van der Waals surface area contributed by atoms with Crippen molar-refractivity contribution in [3.63, 3.8) is 0 Å². The van der Waals surface area contributed by atoms with Gasteiger partial charge < -0.3 is 15.2 Å². The number of hydrogen-bond donors (Lipinski definition) is 7. The number of pyridine rings is 1. The summed E-state index contributed by atoms with van der Waals surface area (Å²) >= 11 is 7.99. The van der Waals surface area contributed by atoms with Crippen LogP contribution in [0.2, 0.25) is 5.02 Å². The van der Waals surface area contributed by atoms with Crippen molar-refractivity contribution in [2.45, 2.75) is 53.2 Å². The minimum absolute atomic E-state index is 0.00876. The van der Waals surface area contributed by atoms with E-state index in [0.717, 1.165) is 57.8 Å². The van der Waals surface area contributed by atoms with Crippen molar-refractivity contribution in [3.05, 3.63) is 82.4 Å². The van der Waals surface area contributed by atoms with Gasteiger partial charge in [0.05, 0.1) is 55.1 Å². The molecule has 37 heteroatoms. The lowest BCUT2D eigenvalue weighted by molar-refractivity contribution is -0.114. The number of halogens is 1. The predicted octanol–water partition coefficient (Wildman–Crippen LogP) is 10.1. The fourth-order valence-electron chi connectivity index (χ4n) is 7.85. The SMILES string of the molecule is CC(=O)Nc1cc(N=Nc2cc(OCCCS(=O)(=O)O)c(N=Nc3c(C)c(C#N)c4nc5cc(S(=O)(=O)O)c(Cl)cc5n4c3O)cc2C)c(SCCCS(=O)(=O)O)cc1N=Nc1nc2c(S(=O)(=O)O)cc3cc(S(=O)(=O)O)ccc3c2s1. The second-order valence-electron chi connectivity index (χ2n) is 17.4. The molecule has 5 aromatic carbocycles. The number of ether oxygens (including phenoxy) is 1. The number of rotatable bonds is 20. The van der Waals surface area contributed by atoms with Crippen LogP contribution in [0.1, 0.15) is 36.5 Å². The van der Waals surface area contributed by atoms with Gasteiger partial charge in [0.25, 0.3) is 50.6 Å². The summed E-state index contributed by atoms with van der Waals surface area (Å²) in [7, 11) is -23.4. The maximum Gasteiger partial charge on any atom is 0.296 e. The molecule has 82 heavy (non-hydrogen) atoms. The number of aromatic hydroxyl groups is 1. The van der Waals surface area contributed by atoms with Crippen molar-refractivity contribution in [1.82, 2.24) is 14.4 Å². The first-order valence-corrected chi connectivity index (χ1v) is 32.5. The Morgan fingerprint density at radius 3 is 2.07 bits per heavy atom. The molecule has 0 radical (unpaired) electrons. The molecule has 430 valence electrons. The fourth-order valence-corrected chi connectivity index (χ4v) is 13.2. The second-order valence-corrected chi connectivity index (χ2v) is 27.3. The van der Waals surface area contributed by atoms with Crippen LogP contribution in [-0.2, 0) is 55.4 Å². The number of azo groups is 3. The molecule has 29 nitrogen and oxygen atoms in total. The molecule has 0 saturated heterocycles. The highest BCUT2D eigenvalue weighted by Crippen LogP contribution is 2.45. The number of amides is 1. The first kappa shape index (κ1) is 60.8. The lowest BCUT2D eigenvalue weighted by Gasteiger charge is -2.13. The third kappa shape index (κ3) is 13.8. The molecule has 0 aliphatic carbocycles. The highest BCUT2D eigenvalue weighted by Gasteiger charge is 2.26. The summed E-state index contributed by atoms with van der Waals surface area (Å²) in [6, 6.07) is 13.8. The Balaban J connectivity index is 1.21. The number of imidazole rings is 1. The highest BCUT2D eigenvalue weighted by atomic mass is 35.5. The van der Waals surface area contributed by atoms with Crippen molar-refractivity contribution >= 4 is 168 Å². The van der Waals surface area contributed by atoms with Gasteiger partial charge in [0.15, 0.2) is 11.3 Å². The van der Waals surface area contributed by atoms with Crippen LogP contribution in [0.5, 0.6) is 11.6 Å². The lowest BCUT2D eigenvalue weighted by atomic mass is 10.1. The van der Waals surface area contributed by atoms with Gasteiger partial charge in [-0.05, 0) is 91.9 Å². The average Bonchev–Trinajstić information content (AvgIpc) is 2.65. The van der Waals surface area contributed by atoms with Crippen molar-refractivity contribution in [2.24, 2.45) is 30.7 Å². The number of carbonyl (C=O) groups is 1. The van der Waals surface area contributed by atoms with Gasteiger partial charge in [0.1, 0.15) is 49.8 Å². The first-order valence-electron chi connectivity index (χ1n) is 22.8. The Morgan fingerprint density at radius 1 is 0.768 bits per heavy atom. The van der Waals surface area contributed by atoms with Crippen LogP contribution in [0.15, 0.2) is 111 Å². The minimum Gasteiger partial charge on any atom is -0.493 e. The van der Waals surface area contributed by atoms with E-state index in [1.54, 1.807) is 6.92 Å². The topological polar surface area (TPSA) is 459 Å². The van der Waals surface area contributed by atoms with E-state index < -0.39 is 93.6 Å². The Hall–Kier alpha value is -7.25. The number of carbonyl (C=O) groups excluding carboxylic acids is 1. The van der Waals surface area contributed by atoms with Crippen molar-refractivity contribution in [3.8, 4) is 17.7 Å². The molecular formula is C45H38ClN11O18S7. The molecule has 0 bridgehead atoms. The van der Waals surface area contributed by atoms with E-state index in [1.807, 2.05) is 6.07 Å². The number of hydrogen-bond acceptors (Lipinski definition) is 24. The third-order valence-electron chi connectivity index (χ3n) is 11.5. The van der Waals surface area contributed by atoms with Gasteiger partial charge in [-0.2, -0.15) is 52.5 Å². The molecule has 0 aliphatic rings. The summed E-state index contributed by atoms with van der Waals surface area (Å²) in [6.07, 6.45) is -0.305. The van der Waals surface area contributed by atoms with Crippen LogP contribution in [0.4, 0.5) is 39.3 Å². The number of anilines is 1. The molecule has 3 heterocycles. The molecule has 0 aliphatic heterocycles. The summed E-state index contributed by atoms with van der Waals surface area (Å²) in [5, 5.41) is 49.9. The van der Waals surface area contributed by atoms with Crippen LogP contribution in [0.25, 0.3) is 37.7 Å². The molecule has 0 spiro atoms. The van der Waals surface area contributed by atoms with Gasteiger partial charge in [-0.3, -0.25) is 32.0 Å². The van der Waals surface area contributed by atoms with Gasteiger partial charge in [0.2, 0.25) is 16.9 Å². The Bertz CT molecular complexity index is 4760. The smallest absolute Gasteiger partial charge is 0.296 e. The highest BCUT2D eigenvalue weighted by molar-refractivity contribution is 7.99. The quantitative estimate of drug-likeness (QED) is 0.0161. The van der Waals surface area contributed by atoms with E-state index in [1.165, 1.54) is 44.2 Å². The third-order valence-corrected chi connectivity index (χ3v) is 18.2. The van der Waals surface area contributed by atoms with E-state index in [9.17, 15) is 80.0 Å². The zero-order chi connectivity index (χ0) is 60.0. The van der Waals surface area contributed by atoms with Gasteiger partial charge in [0, 0.05) is 28.8 Å². The summed E-state index contributed by atoms with van der Waals surface area (Å²) in [5.41, 5.74) is -0.534. The van der Waals surface area contributed by atoms with Crippen LogP contribution >= 0.6 is 34.7 Å². The number of benzene rings is 5. The van der Waals surface area contributed by atoms with E-state index in [0.29, 0.717) is 5.56 Å². The Morgan fingerprint density at radius 2 is 1.43 bits per heavy atom. The number of fused-ring (bicyclic) bond motifs is 6. The number of thioether (sulfide) groups is 1. The Labute approximate surface area is 477 Å². The summed E-state index contributed by atoms with van der Waals surface area (Å²) in [5.74, 6) is -2.64. The maximum absolute atomic E-state index is 12.6. The largest absolute Gasteiger partial charge is 0.493 e. The van der Waals surface area contributed by atoms with Gasteiger partial charge in [-0.15, -0.1) is 37.3 Å². The second kappa shape index (κ2) is 23.2. The number of nitriles is 1. The number of nitrogens with one attached hydrogen (secondary N) is 1. The first-order chi connectivity index (χ1) is 38.2. The van der Waals surface area contributed by atoms with E-state index in [4.69, 9.17) is 16.3 Å². The number of aromatic nitrogens is 3. The maximum atomic E-state index is 12.6. The number of thiazole rings is 1. The molecule has 7 N–H and O–H groups in total. The normalized spacial score (nSPS) is 13.0. The molecule has 8 aromatic rings. The van der Waals surface area contributed by atoms with Crippen LogP contribution in [-0.4, -0.2) is 114 Å². The average molecular weight is 1280 g/mol. The molecule has 1 amide bonds. The number of nitrogens with zero attached hydrogens (tertiary/aromatic N) is 10. The standard InChI is InChI=1S/C45H38ClN11O18S7/c1-21-12-33(53-55-40-22(2)27(20-47)43-49-32-19-38(81(69,70)71)28(46)15-35(32)57(43)44(40)59)36(75-8-4-10-78(60,61)62)17-29(21)51-54-34-16-30(48-23(3)58)31(18-37(34)76-9-5-11-79(63,64)65)52-56-45-50-41-39(82(72,73)74)14-24-13-25(80(66,67)68)6-7-26(24)42(41)77-45/h6-7,12-19,59H,4-5,8-11H2,1-3H3,(H,48,58)(H,60,61,62)(H,63,64,65)(H,66,67,68)(H,69,70,71)(H,72,73,74). The molecule has 8 rings (SSSR count). The molecule has 0 fully saturated rings. The zero-order valence-electron chi connectivity index (χ0n) is 41.8. The van der Waals surface area contributed by atoms with Gasteiger partial charge in [-0.1, -0.05) is 29.0 Å². The molecule has 0 unspecified atom stereocenters. The van der Waals surface area contributed by atoms with Crippen LogP contribution in [0.3, 0.4) is 0 Å².